The van der Waals surface area contributed by atoms with Crippen LogP contribution in [0.25, 0.3) is 10.4 Å². The fraction of sp³-hybridized carbons (Fsp3) is 0.125. The molecule has 0 aliphatic rings. The van der Waals surface area contributed by atoms with E-state index in [9.17, 15) is 4.39 Å². The molecule has 0 saturated heterocycles. The van der Waals surface area contributed by atoms with Crippen LogP contribution in [0.1, 0.15) is 5.56 Å². The summed E-state index contributed by atoms with van der Waals surface area (Å²) in [6, 6.07) is 1.35. The Bertz CT molecular complexity index is 442. The van der Waals surface area contributed by atoms with Gasteiger partial charge in [0.2, 0.25) is 5.95 Å². The van der Waals surface area contributed by atoms with Crippen LogP contribution in [0.3, 0.4) is 0 Å². The Hall–Kier alpha value is -1.76. The maximum Gasteiger partial charge on any atom is 0.231 e. The molecular formula is C8H4ClFN4. The van der Waals surface area contributed by atoms with Crippen molar-refractivity contribution in [3.63, 3.8) is 0 Å². The van der Waals surface area contributed by atoms with Crippen molar-refractivity contribution in [2.75, 3.05) is 6.54 Å². The molecule has 0 fully saturated rings. The van der Waals surface area contributed by atoms with Crippen molar-refractivity contribution in [3.05, 3.63) is 39.2 Å². The molecule has 0 N–H and O–H groups in total. The van der Waals surface area contributed by atoms with Gasteiger partial charge in [0.1, 0.15) is 0 Å². The molecule has 4 nitrogen and oxygen atoms in total. The summed E-state index contributed by atoms with van der Waals surface area (Å²) in [5.74, 6) is 4.45. The van der Waals surface area contributed by atoms with Crippen LogP contribution in [0.2, 0.25) is 5.02 Å². The molecule has 0 spiro atoms. The maximum atomic E-state index is 12.6. The summed E-state index contributed by atoms with van der Waals surface area (Å²) in [5.41, 5.74) is 8.43. The number of pyridine rings is 1. The lowest BCUT2D eigenvalue weighted by Crippen LogP contribution is -1.85. The van der Waals surface area contributed by atoms with Gasteiger partial charge in [0.25, 0.3) is 0 Å². The predicted octanol–water partition coefficient (Wildman–Crippen LogP) is 2.54. The fourth-order valence-electron chi connectivity index (χ4n) is 0.698. The van der Waals surface area contributed by atoms with E-state index in [-0.39, 0.29) is 11.6 Å². The molecule has 0 atom stereocenters. The van der Waals surface area contributed by atoms with Gasteiger partial charge in [-0.15, -0.1) is 0 Å². The molecular weight excluding hydrogens is 207 g/mol. The molecule has 0 aliphatic carbocycles. The second-order valence-electron chi connectivity index (χ2n) is 2.19. The van der Waals surface area contributed by atoms with Crippen LogP contribution in [0, 0.1) is 17.8 Å². The SMILES string of the molecule is [N-]=[N+]=NCC#Cc1cnc(F)c(Cl)c1. The summed E-state index contributed by atoms with van der Waals surface area (Å²) in [6.07, 6.45) is 1.25. The Morgan fingerprint density at radius 2 is 2.50 bits per heavy atom. The number of rotatable bonds is 1. The standard InChI is InChI=1S/C8H4ClFN4/c9-7-4-6(5-12-8(7)10)2-1-3-13-14-11/h4-5H,3H2. The molecule has 0 bridgehead atoms. The fourth-order valence-corrected chi connectivity index (χ4v) is 0.864. The number of aromatic nitrogens is 1. The first-order chi connectivity index (χ1) is 6.74. The third kappa shape index (κ3) is 2.94. The van der Waals surface area contributed by atoms with Crippen molar-refractivity contribution in [1.29, 1.82) is 0 Å². The van der Waals surface area contributed by atoms with Gasteiger partial charge in [-0.25, -0.2) is 4.98 Å². The van der Waals surface area contributed by atoms with Crippen molar-refractivity contribution in [2.45, 2.75) is 0 Å². The second-order valence-corrected chi connectivity index (χ2v) is 2.59. The summed E-state index contributed by atoms with van der Waals surface area (Å²) >= 11 is 5.47. The van der Waals surface area contributed by atoms with Crippen molar-refractivity contribution in [3.8, 4) is 11.8 Å². The lowest BCUT2D eigenvalue weighted by molar-refractivity contribution is 0.584. The monoisotopic (exact) mass is 210 g/mol. The van der Waals surface area contributed by atoms with Gasteiger partial charge in [0.05, 0.1) is 11.6 Å². The summed E-state index contributed by atoms with van der Waals surface area (Å²) in [6.45, 7) is 0.0610. The molecule has 1 heterocycles. The second kappa shape index (κ2) is 5.07. The summed E-state index contributed by atoms with van der Waals surface area (Å²) in [7, 11) is 0. The minimum atomic E-state index is -0.729. The highest BCUT2D eigenvalue weighted by atomic mass is 35.5. The van der Waals surface area contributed by atoms with Gasteiger partial charge in [0, 0.05) is 16.7 Å². The van der Waals surface area contributed by atoms with Crippen molar-refractivity contribution in [1.82, 2.24) is 4.98 Å². The van der Waals surface area contributed by atoms with E-state index < -0.39 is 5.95 Å². The van der Waals surface area contributed by atoms with Gasteiger partial charge >= 0.3 is 0 Å². The van der Waals surface area contributed by atoms with Crippen LogP contribution < -0.4 is 0 Å². The number of hydrogen-bond donors (Lipinski definition) is 0. The highest BCUT2D eigenvalue weighted by Gasteiger charge is 1.99. The molecule has 0 radical (unpaired) electrons. The maximum absolute atomic E-state index is 12.6. The molecule has 0 unspecified atom stereocenters. The molecule has 0 aromatic carbocycles. The van der Waals surface area contributed by atoms with E-state index >= 15 is 0 Å². The lowest BCUT2D eigenvalue weighted by Gasteiger charge is -1.92. The largest absolute Gasteiger partial charge is 0.231 e. The Morgan fingerprint density at radius 3 is 3.14 bits per heavy atom. The zero-order valence-corrected chi connectivity index (χ0v) is 7.66. The van der Waals surface area contributed by atoms with Crippen molar-refractivity contribution in [2.24, 2.45) is 5.11 Å². The van der Waals surface area contributed by atoms with E-state index in [1.54, 1.807) is 0 Å². The van der Waals surface area contributed by atoms with Gasteiger partial charge in [0.15, 0.2) is 0 Å². The molecule has 0 amide bonds. The van der Waals surface area contributed by atoms with E-state index in [2.05, 4.69) is 26.9 Å². The minimum absolute atomic E-state index is 0.0610. The number of nitrogens with zero attached hydrogens (tertiary/aromatic N) is 4. The molecule has 1 aromatic rings. The van der Waals surface area contributed by atoms with E-state index in [0.29, 0.717) is 5.56 Å². The van der Waals surface area contributed by atoms with E-state index in [0.717, 1.165) is 0 Å². The Morgan fingerprint density at radius 1 is 1.71 bits per heavy atom. The predicted molar refractivity (Wildman–Crippen MR) is 50.1 cm³/mol. The molecule has 0 aliphatic heterocycles. The van der Waals surface area contributed by atoms with Crippen LogP contribution in [0.15, 0.2) is 17.4 Å². The van der Waals surface area contributed by atoms with Crippen LogP contribution >= 0.6 is 11.6 Å². The first-order valence-electron chi connectivity index (χ1n) is 3.55. The Labute approximate surface area is 84.3 Å². The minimum Gasteiger partial charge on any atom is -0.226 e. The molecule has 0 saturated carbocycles. The Kier molecular flexibility index (Phi) is 3.74. The molecule has 1 rings (SSSR count). The van der Waals surface area contributed by atoms with Gasteiger partial charge in [-0.2, -0.15) is 4.39 Å². The summed E-state index contributed by atoms with van der Waals surface area (Å²) in [5, 5.41) is 3.12. The van der Waals surface area contributed by atoms with E-state index in [4.69, 9.17) is 17.1 Å². The molecule has 1 aromatic heterocycles. The molecule has 6 heteroatoms. The third-order valence-electron chi connectivity index (χ3n) is 1.24. The highest BCUT2D eigenvalue weighted by Crippen LogP contribution is 2.12. The zero-order chi connectivity index (χ0) is 10.4. The smallest absolute Gasteiger partial charge is 0.226 e. The number of hydrogen-bond acceptors (Lipinski definition) is 2. The zero-order valence-electron chi connectivity index (χ0n) is 6.91. The molecule has 14 heavy (non-hydrogen) atoms. The first kappa shape index (κ1) is 10.3. The first-order valence-corrected chi connectivity index (χ1v) is 3.92. The van der Waals surface area contributed by atoms with Gasteiger partial charge < -0.3 is 0 Å². The Balaban J connectivity index is 2.80. The normalized spacial score (nSPS) is 8.43. The quantitative estimate of drug-likeness (QED) is 0.231. The molecule has 70 valence electrons. The van der Waals surface area contributed by atoms with Gasteiger partial charge in [-0.1, -0.05) is 28.6 Å². The van der Waals surface area contributed by atoms with Gasteiger partial charge in [-0.05, 0) is 11.6 Å². The van der Waals surface area contributed by atoms with E-state index in [1.165, 1.54) is 12.3 Å². The average molecular weight is 211 g/mol. The summed E-state index contributed by atoms with van der Waals surface area (Å²) in [4.78, 5) is 5.89. The number of azide groups is 1. The van der Waals surface area contributed by atoms with Crippen LogP contribution in [0.5, 0.6) is 0 Å². The van der Waals surface area contributed by atoms with Crippen molar-refractivity contribution >= 4 is 11.6 Å². The van der Waals surface area contributed by atoms with Gasteiger partial charge in [-0.3, -0.25) is 0 Å². The van der Waals surface area contributed by atoms with E-state index in [1.807, 2.05) is 0 Å². The highest BCUT2D eigenvalue weighted by molar-refractivity contribution is 6.30. The topological polar surface area (TPSA) is 61.7 Å². The van der Waals surface area contributed by atoms with Crippen LogP contribution in [-0.4, -0.2) is 11.5 Å². The van der Waals surface area contributed by atoms with Crippen LogP contribution in [0.4, 0.5) is 4.39 Å². The number of halogens is 2. The lowest BCUT2D eigenvalue weighted by atomic mass is 10.3. The summed E-state index contributed by atoms with van der Waals surface area (Å²) < 4.78 is 12.6. The van der Waals surface area contributed by atoms with Crippen LogP contribution in [-0.2, 0) is 0 Å². The van der Waals surface area contributed by atoms with Crippen molar-refractivity contribution < 1.29 is 4.39 Å². The average Bonchev–Trinajstić information content (AvgIpc) is 2.18. The third-order valence-corrected chi connectivity index (χ3v) is 1.51.